The van der Waals surface area contributed by atoms with Crippen LogP contribution in [0.25, 0.3) is 16.7 Å². The molecule has 0 radical (unpaired) electrons. The summed E-state index contributed by atoms with van der Waals surface area (Å²) in [4.78, 5) is 26.0. The molecule has 5 nitrogen and oxygen atoms in total. The normalized spacial score (nSPS) is 11.0. The third-order valence-electron chi connectivity index (χ3n) is 3.12. The van der Waals surface area contributed by atoms with Crippen LogP contribution in [0.3, 0.4) is 0 Å². The highest BCUT2D eigenvalue weighted by molar-refractivity contribution is 6.43. The molecule has 0 unspecified atom stereocenters. The van der Waals surface area contributed by atoms with E-state index >= 15 is 0 Å². The van der Waals surface area contributed by atoms with Gasteiger partial charge in [0.05, 0.1) is 32.3 Å². The minimum atomic E-state index is -1.12. The second kappa shape index (κ2) is 4.95. The Kier molecular flexibility index (Phi) is 3.23. The second-order valence-electron chi connectivity index (χ2n) is 4.34. The molecular weight excluding hydrogens is 315 g/mol. The Labute approximate surface area is 128 Å². The van der Waals surface area contributed by atoms with Crippen LogP contribution in [0.2, 0.25) is 10.0 Å². The highest BCUT2D eigenvalue weighted by Crippen LogP contribution is 2.29. The van der Waals surface area contributed by atoms with Crippen molar-refractivity contribution in [3.05, 3.63) is 62.5 Å². The van der Waals surface area contributed by atoms with Gasteiger partial charge in [-0.3, -0.25) is 4.57 Å². The number of fused-ring (bicyclic) bond motifs is 1. The Morgan fingerprint density at radius 1 is 1.14 bits per heavy atom. The predicted molar refractivity (Wildman–Crippen MR) is 80.9 cm³/mol. The third kappa shape index (κ3) is 2.11. The number of hydrogen-bond donors (Lipinski definition) is 2. The molecule has 21 heavy (non-hydrogen) atoms. The van der Waals surface area contributed by atoms with Crippen LogP contribution in [0.5, 0.6) is 0 Å². The number of nitrogens with zero attached hydrogens (tertiary/aromatic N) is 1. The number of carboxylic acid groups (broad SMARTS) is 1. The van der Waals surface area contributed by atoms with Gasteiger partial charge in [-0.05, 0) is 24.3 Å². The van der Waals surface area contributed by atoms with E-state index in [-0.39, 0.29) is 16.1 Å². The molecule has 3 rings (SSSR count). The van der Waals surface area contributed by atoms with Gasteiger partial charge in [0.1, 0.15) is 0 Å². The lowest BCUT2D eigenvalue weighted by atomic mass is 10.2. The number of para-hydroxylation sites is 1. The summed E-state index contributed by atoms with van der Waals surface area (Å²) in [6.07, 6.45) is 0. The summed E-state index contributed by atoms with van der Waals surface area (Å²) < 4.78 is 1.30. The quantitative estimate of drug-likeness (QED) is 0.759. The summed E-state index contributed by atoms with van der Waals surface area (Å²) in [5.74, 6) is -1.12. The van der Waals surface area contributed by atoms with Crippen LogP contribution in [-0.2, 0) is 0 Å². The number of hydrogen-bond acceptors (Lipinski definition) is 2. The molecule has 0 amide bonds. The van der Waals surface area contributed by atoms with E-state index in [9.17, 15) is 14.7 Å². The molecule has 3 aromatic rings. The summed E-state index contributed by atoms with van der Waals surface area (Å²) in [6, 6.07) is 9.53. The Morgan fingerprint density at radius 2 is 1.86 bits per heavy atom. The van der Waals surface area contributed by atoms with Crippen LogP contribution in [0.1, 0.15) is 10.4 Å². The first-order chi connectivity index (χ1) is 10.0. The van der Waals surface area contributed by atoms with Crippen molar-refractivity contribution in [2.24, 2.45) is 0 Å². The molecule has 2 N–H and O–H groups in total. The van der Waals surface area contributed by atoms with Gasteiger partial charge in [-0.15, -0.1) is 0 Å². The molecule has 0 spiro atoms. The Balaban J connectivity index is 2.42. The Hall–Kier alpha value is -2.24. The minimum absolute atomic E-state index is 0.0153. The number of aromatic nitrogens is 2. The van der Waals surface area contributed by atoms with Crippen molar-refractivity contribution < 1.29 is 9.90 Å². The molecular formula is C14H8Cl2N2O3. The highest BCUT2D eigenvalue weighted by atomic mass is 35.5. The fraction of sp³-hybridized carbons (Fsp3) is 0. The molecule has 0 atom stereocenters. The van der Waals surface area contributed by atoms with Crippen LogP contribution < -0.4 is 5.69 Å². The standard InChI is InChI=1S/C14H8Cl2N2O3/c15-8-4-2-5-9(11(8)16)18-10-6-1-3-7(13(19)20)12(10)17-14(18)21/h1-6H,(H,17,21)(H,19,20). The molecule has 0 bridgehead atoms. The molecule has 106 valence electrons. The molecule has 2 aromatic carbocycles. The van der Waals surface area contributed by atoms with Crippen molar-refractivity contribution in [1.82, 2.24) is 9.55 Å². The molecule has 0 aliphatic rings. The van der Waals surface area contributed by atoms with Crippen LogP contribution in [-0.4, -0.2) is 20.6 Å². The van der Waals surface area contributed by atoms with Crippen LogP contribution >= 0.6 is 23.2 Å². The van der Waals surface area contributed by atoms with Gasteiger partial charge in [0, 0.05) is 0 Å². The second-order valence-corrected chi connectivity index (χ2v) is 5.13. The lowest BCUT2D eigenvalue weighted by molar-refractivity contribution is 0.0699. The number of H-pyrrole nitrogens is 1. The molecule has 1 heterocycles. The predicted octanol–water partition coefficient (Wildman–Crippen LogP) is 3.32. The maximum atomic E-state index is 12.2. The van der Waals surface area contributed by atoms with E-state index in [1.165, 1.54) is 10.6 Å². The van der Waals surface area contributed by atoms with Gasteiger partial charge in [0.2, 0.25) is 0 Å². The van der Waals surface area contributed by atoms with Crippen molar-refractivity contribution >= 4 is 40.2 Å². The lowest BCUT2D eigenvalue weighted by Gasteiger charge is -2.07. The zero-order valence-corrected chi connectivity index (χ0v) is 11.9. The molecule has 0 aliphatic carbocycles. The van der Waals surface area contributed by atoms with Crippen molar-refractivity contribution in [2.45, 2.75) is 0 Å². The van der Waals surface area contributed by atoms with Gasteiger partial charge in [-0.2, -0.15) is 0 Å². The van der Waals surface area contributed by atoms with Gasteiger partial charge in [-0.25, -0.2) is 9.59 Å². The molecule has 0 saturated carbocycles. The average molecular weight is 323 g/mol. The number of rotatable bonds is 2. The molecule has 0 saturated heterocycles. The van der Waals surface area contributed by atoms with Gasteiger partial charge >= 0.3 is 11.7 Å². The summed E-state index contributed by atoms with van der Waals surface area (Å²) in [7, 11) is 0. The van der Waals surface area contributed by atoms with Gasteiger partial charge in [0.25, 0.3) is 0 Å². The van der Waals surface area contributed by atoms with E-state index in [0.29, 0.717) is 16.2 Å². The van der Waals surface area contributed by atoms with Crippen molar-refractivity contribution in [3.8, 4) is 5.69 Å². The smallest absolute Gasteiger partial charge is 0.337 e. The van der Waals surface area contributed by atoms with Gasteiger partial charge in [-0.1, -0.05) is 35.3 Å². The number of carbonyl (C=O) groups is 1. The van der Waals surface area contributed by atoms with E-state index in [0.717, 1.165) is 0 Å². The largest absolute Gasteiger partial charge is 0.478 e. The number of imidazole rings is 1. The van der Waals surface area contributed by atoms with Crippen molar-refractivity contribution in [3.63, 3.8) is 0 Å². The lowest BCUT2D eigenvalue weighted by Crippen LogP contribution is -2.14. The molecule has 7 heteroatoms. The molecule has 0 aliphatic heterocycles. The third-order valence-corrected chi connectivity index (χ3v) is 3.93. The first-order valence-electron chi connectivity index (χ1n) is 5.92. The van der Waals surface area contributed by atoms with Crippen molar-refractivity contribution in [2.75, 3.05) is 0 Å². The number of carboxylic acids is 1. The maximum Gasteiger partial charge on any atom is 0.337 e. The number of benzene rings is 2. The maximum absolute atomic E-state index is 12.2. The molecule has 0 fully saturated rings. The SMILES string of the molecule is O=C(O)c1cccc2c1[nH]c(=O)n2-c1cccc(Cl)c1Cl. The molecule has 1 aromatic heterocycles. The number of halogens is 2. The highest BCUT2D eigenvalue weighted by Gasteiger charge is 2.17. The average Bonchev–Trinajstić information content (AvgIpc) is 2.77. The van der Waals surface area contributed by atoms with Crippen LogP contribution in [0, 0.1) is 0 Å². The van der Waals surface area contributed by atoms with E-state index in [1.807, 2.05) is 0 Å². The van der Waals surface area contributed by atoms with Crippen molar-refractivity contribution in [1.29, 1.82) is 0 Å². The Morgan fingerprint density at radius 3 is 2.57 bits per heavy atom. The fourth-order valence-electron chi connectivity index (χ4n) is 2.21. The van der Waals surface area contributed by atoms with E-state index < -0.39 is 11.7 Å². The van der Waals surface area contributed by atoms with E-state index in [4.69, 9.17) is 23.2 Å². The topological polar surface area (TPSA) is 75.1 Å². The summed E-state index contributed by atoms with van der Waals surface area (Å²) in [5.41, 5.74) is 0.586. The number of aromatic carboxylic acids is 1. The summed E-state index contributed by atoms with van der Waals surface area (Å²) in [5, 5.41) is 9.71. The van der Waals surface area contributed by atoms with Crippen LogP contribution in [0.15, 0.2) is 41.2 Å². The summed E-state index contributed by atoms with van der Waals surface area (Å²) in [6.45, 7) is 0. The minimum Gasteiger partial charge on any atom is -0.478 e. The van der Waals surface area contributed by atoms with E-state index in [2.05, 4.69) is 4.98 Å². The van der Waals surface area contributed by atoms with Gasteiger partial charge in [0.15, 0.2) is 0 Å². The number of nitrogens with one attached hydrogen (secondary N) is 1. The number of aromatic amines is 1. The summed E-state index contributed by atoms with van der Waals surface area (Å²) >= 11 is 12.1. The zero-order chi connectivity index (χ0) is 15.1. The Bertz CT molecular complexity index is 928. The van der Waals surface area contributed by atoms with Gasteiger partial charge < -0.3 is 10.1 Å². The van der Waals surface area contributed by atoms with E-state index in [1.54, 1.807) is 30.3 Å². The fourth-order valence-corrected chi connectivity index (χ4v) is 2.59. The monoisotopic (exact) mass is 322 g/mol. The first kappa shape index (κ1) is 13.7. The van der Waals surface area contributed by atoms with Crippen LogP contribution in [0.4, 0.5) is 0 Å². The zero-order valence-electron chi connectivity index (χ0n) is 10.4. The first-order valence-corrected chi connectivity index (χ1v) is 6.67.